The van der Waals surface area contributed by atoms with Crippen LogP contribution >= 0.6 is 0 Å². The van der Waals surface area contributed by atoms with E-state index in [-0.39, 0.29) is 29.1 Å². The van der Waals surface area contributed by atoms with Gasteiger partial charge in [0.25, 0.3) is 11.5 Å². The molecule has 2 aromatic heterocycles. The van der Waals surface area contributed by atoms with Crippen molar-refractivity contribution in [1.82, 2.24) is 20.1 Å². The second-order valence-corrected chi connectivity index (χ2v) is 7.06. The fourth-order valence-corrected chi connectivity index (χ4v) is 3.32. The van der Waals surface area contributed by atoms with Crippen molar-refractivity contribution in [1.29, 1.82) is 0 Å². The van der Waals surface area contributed by atoms with Crippen molar-refractivity contribution in [2.45, 2.75) is 45.2 Å². The Hall–Kier alpha value is -2.90. The first-order chi connectivity index (χ1) is 13.0. The normalized spacial score (nSPS) is 17.1. The number of carbonyl (C=O) groups is 1. The predicted octanol–water partition coefficient (Wildman–Crippen LogP) is 1.30. The van der Waals surface area contributed by atoms with Gasteiger partial charge in [0.2, 0.25) is 5.56 Å². The highest BCUT2D eigenvalue weighted by atomic mass is 16.2. The highest BCUT2D eigenvalue weighted by Crippen LogP contribution is 2.22. The lowest BCUT2D eigenvalue weighted by atomic mass is 10.0. The van der Waals surface area contributed by atoms with Crippen molar-refractivity contribution in [3.8, 4) is 0 Å². The first kappa shape index (κ1) is 18.9. The summed E-state index contributed by atoms with van der Waals surface area (Å²) in [7, 11) is 0. The van der Waals surface area contributed by atoms with Gasteiger partial charge < -0.3 is 15.2 Å². The van der Waals surface area contributed by atoms with Gasteiger partial charge in [-0.2, -0.15) is 5.10 Å². The van der Waals surface area contributed by atoms with Crippen molar-refractivity contribution < 1.29 is 4.79 Å². The molecule has 0 bridgehead atoms. The average molecular weight is 371 g/mol. The quantitative estimate of drug-likeness (QED) is 0.825. The summed E-state index contributed by atoms with van der Waals surface area (Å²) in [5, 5.41) is 7.46. The first-order valence-corrected chi connectivity index (χ1v) is 9.29. The maximum atomic E-state index is 12.3. The van der Waals surface area contributed by atoms with Crippen LogP contribution in [0.2, 0.25) is 0 Å². The third-order valence-corrected chi connectivity index (χ3v) is 4.77. The largest absolute Gasteiger partial charge is 0.350 e. The van der Waals surface area contributed by atoms with Gasteiger partial charge in [-0.05, 0) is 45.2 Å². The van der Waals surface area contributed by atoms with E-state index in [1.165, 1.54) is 23.0 Å². The Morgan fingerprint density at radius 3 is 2.78 bits per heavy atom. The molecule has 0 radical (unpaired) electrons. The van der Waals surface area contributed by atoms with Gasteiger partial charge in [-0.25, -0.2) is 4.68 Å². The van der Waals surface area contributed by atoms with Crippen LogP contribution in [0.5, 0.6) is 0 Å². The Labute approximate surface area is 157 Å². The van der Waals surface area contributed by atoms with Crippen LogP contribution in [0.4, 0.5) is 5.82 Å². The minimum Gasteiger partial charge on any atom is -0.350 e. The van der Waals surface area contributed by atoms with E-state index in [1.807, 2.05) is 13.8 Å². The fourth-order valence-electron chi connectivity index (χ4n) is 3.32. The number of pyridine rings is 1. The Morgan fingerprint density at radius 2 is 2.07 bits per heavy atom. The van der Waals surface area contributed by atoms with Crippen molar-refractivity contribution in [2.24, 2.45) is 0 Å². The smallest absolute Gasteiger partial charge is 0.267 e. The van der Waals surface area contributed by atoms with E-state index in [2.05, 4.69) is 20.3 Å². The van der Waals surface area contributed by atoms with Crippen LogP contribution in [0.25, 0.3) is 0 Å². The molecule has 1 aliphatic rings. The summed E-state index contributed by atoms with van der Waals surface area (Å²) in [6.45, 7) is 5.16. The topological polar surface area (TPSA) is 100 Å². The summed E-state index contributed by atoms with van der Waals surface area (Å²) >= 11 is 0. The molecule has 0 aromatic carbocycles. The van der Waals surface area contributed by atoms with E-state index in [0.717, 1.165) is 31.6 Å². The SMILES string of the molecule is CC(C)n1nc(N2CCCCC2CNC(=O)c2ccc(=O)[nH]c2)ccc1=O. The molecule has 0 aliphatic carbocycles. The van der Waals surface area contributed by atoms with Crippen molar-refractivity contribution in [3.63, 3.8) is 0 Å². The zero-order valence-corrected chi connectivity index (χ0v) is 15.6. The average Bonchev–Trinajstić information content (AvgIpc) is 2.67. The predicted molar refractivity (Wildman–Crippen MR) is 103 cm³/mol. The number of aromatic nitrogens is 3. The number of hydrogen-bond donors (Lipinski definition) is 2. The molecule has 1 aliphatic heterocycles. The lowest BCUT2D eigenvalue weighted by molar-refractivity contribution is 0.0949. The number of nitrogens with zero attached hydrogens (tertiary/aromatic N) is 3. The van der Waals surface area contributed by atoms with E-state index in [0.29, 0.717) is 12.1 Å². The summed E-state index contributed by atoms with van der Waals surface area (Å²) in [4.78, 5) is 40.1. The Morgan fingerprint density at radius 1 is 1.26 bits per heavy atom. The minimum atomic E-state index is -0.239. The van der Waals surface area contributed by atoms with Gasteiger partial charge in [0.1, 0.15) is 5.82 Å². The molecule has 1 atom stereocenters. The lowest BCUT2D eigenvalue weighted by Crippen LogP contribution is -2.47. The van der Waals surface area contributed by atoms with Gasteiger partial charge in [0.15, 0.2) is 0 Å². The van der Waals surface area contributed by atoms with Crippen LogP contribution in [0.1, 0.15) is 49.5 Å². The second kappa shape index (κ2) is 8.20. The Kier molecular flexibility index (Phi) is 5.73. The summed E-state index contributed by atoms with van der Waals surface area (Å²) in [5.41, 5.74) is 0.0634. The lowest BCUT2D eigenvalue weighted by Gasteiger charge is -2.37. The minimum absolute atomic E-state index is 0.0133. The van der Waals surface area contributed by atoms with E-state index in [1.54, 1.807) is 12.1 Å². The highest BCUT2D eigenvalue weighted by molar-refractivity contribution is 5.93. The second-order valence-electron chi connectivity index (χ2n) is 7.06. The number of carbonyl (C=O) groups excluding carboxylic acids is 1. The molecule has 8 nitrogen and oxygen atoms in total. The van der Waals surface area contributed by atoms with E-state index >= 15 is 0 Å². The molecule has 0 saturated carbocycles. The van der Waals surface area contributed by atoms with Crippen LogP contribution in [0.3, 0.4) is 0 Å². The number of rotatable bonds is 5. The number of anilines is 1. The number of hydrogen-bond acceptors (Lipinski definition) is 5. The summed E-state index contributed by atoms with van der Waals surface area (Å²) < 4.78 is 1.49. The van der Waals surface area contributed by atoms with Crippen molar-refractivity contribution >= 4 is 11.7 Å². The van der Waals surface area contributed by atoms with Crippen LogP contribution in [-0.2, 0) is 0 Å². The Bertz CT molecular complexity index is 898. The molecule has 2 N–H and O–H groups in total. The summed E-state index contributed by atoms with van der Waals surface area (Å²) in [5.74, 6) is 0.531. The number of aromatic amines is 1. The standard InChI is InChI=1S/C19H25N5O3/c1-13(2)24-18(26)9-7-16(22-24)23-10-4-3-5-15(23)12-21-19(27)14-6-8-17(25)20-11-14/h6-9,11,13,15H,3-5,10,12H2,1-2H3,(H,20,25)(H,21,27). The van der Waals surface area contributed by atoms with Gasteiger partial charge in [0, 0.05) is 37.5 Å². The molecule has 1 amide bonds. The molecule has 3 rings (SSSR count). The summed E-state index contributed by atoms with van der Waals surface area (Å²) in [6.07, 6.45) is 4.48. The van der Waals surface area contributed by atoms with E-state index in [9.17, 15) is 14.4 Å². The number of amides is 1. The molecule has 1 saturated heterocycles. The monoisotopic (exact) mass is 371 g/mol. The zero-order valence-electron chi connectivity index (χ0n) is 15.6. The first-order valence-electron chi connectivity index (χ1n) is 9.29. The zero-order chi connectivity index (χ0) is 19.4. The van der Waals surface area contributed by atoms with Gasteiger partial charge in [0.05, 0.1) is 11.6 Å². The number of H-pyrrole nitrogens is 1. The number of piperidine rings is 1. The molecule has 1 unspecified atom stereocenters. The molecule has 1 fully saturated rings. The van der Waals surface area contributed by atoms with Gasteiger partial charge in [-0.15, -0.1) is 0 Å². The molecule has 27 heavy (non-hydrogen) atoms. The molecule has 3 heterocycles. The molecular formula is C19H25N5O3. The van der Waals surface area contributed by atoms with Crippen LogP contribution in [-0.4, -0.2) is 39.8 Å². The highest BCUT2D eigenvalue weighted by Gasteiger charge is 2.25. The van der Waals surface area contributed by atoms with Gasteiger partial charge in [-0.1, -0.05) is 0 Å². The molecule has 8 heteroatoms. The molecule has 0 spiro atoms. The van der Waals surface area contributed by atoms with Gasteiger partial charge >= 0.3 is 0 Å². The third kappa shape index (κ3) is 4.45. The van der Waals surface area contributed by atoms with Crippen LogP contribution in [0, 0.1) is 0 Å². The van der Waals surface area contributed by atoms with Crippen LogP contribution in [0.15, 0.2) is 40.1 Å². The van der Waals surface area contributed by atoms with Crippen molar-refractivity contribution in [2.75, 3.05) is 18.0 Å². The van der Waals surface area contributed by atoms with Crippen LogP contribution < -0.4 is 21.3 Å². The maximum absolute atomic E-state index is 12.3. The van der Waals surface area contributed by atoms with E-state index < -0.39 is 0 Å². The molecular weight excluding hydrogens is 346 g/mol. The third-order valence-electron chi connectivity index (χ3n) is 4.77. The van der Waals surface area contributed by atoms with Crippen molar-refractivity contribution in [3.05, 3.63) is 56.7 Å². The summed E-state index contributed by atoms with van der Waals surface area (Å²) in [6, 6.07) is 6.24. The van der Waals surface area contributed by atoms with Gasteiger partial charge in [-0.3, -0.25) is 14.4 Å². The fraction of sp³-hybridized carbons (Fsp3) is 0.474. The van der Waals surface area contributed by atoms with E-state index in [4.69, 9.17) is 0 Å². The maximum Gasteiger partial charge on any atom is 0.267 e. The molecule has 144 valence electrons. The number of nitrogens with one attached hydrogen (secondary N) is 2. The Balaban J connectivity index is 1.73. The molecule has 2 aromatic rings.